The molecule has 0 fully saturated rings. The minimum absolute atomic E-state index is 0.0197. The minimum Gasteiger partial charge on any atom is -0.315 e. The van der Waals surface area contributed by atoms with Crippen molar-refractivity contribution in [3.05, 3.63) is 0 Å². The molecule has 1 N–H and O–H groups in total. The largest absolute Gasteiger partial charge is 0.315 e. The van der Waals surface area contributed by atoms with Gasteiger partial charge in [-0.15, -0.1) is 11.6 Å². The van der Waals surface area contributed by atoms with Gasteiger partial charge in [0.1, 0.15) is 5.84 Å². The van der Waals surface area contributed by atoms with Crippen LogP contribution >= 0.6 is 11.6 Å². The zero-order valence-electron chi connectivity index (χ0n) is 7.89. The Hall–Kier alpha value is -0.570. The summed E-state index contributed by atoms with van der Waals surface area (Å²) in [5.74, 6) is 0.508. The van der Waals surface area contributed by atoms with Crippen LogP contribution in [0, 0.1) is 0 Å². The zero-order valence-corrected chi connectivity index (χ0v) is 8.64. The fraction of sp³-hybridized carbons (Fsp3) is 0.750. The molecule has 0 rings (SSSR count). The predicted octanol–water partition coefficient (Wildman–Crippen LogP) is 1.56. The quantitative estimate of drug-likeness (QED) is 0.401. The summed E-state index contributed by atoms with van der Waals surface area (Å²) in [6.45, 7) is 6.98. The molecule has 0 saturated heterocycles. The Morgan fingerprint density at radius 3 is 2.25 bits per heavy atom. The normalized spacial score (nSPS) is 16.9. The Morgan fingerprint density at radius 2 is 1.92 bits per heavy atom. The van der Waals surface area contributed by atoms with Gasteiger partial charge in [0.05, 0.1) is 11.4 Å². The highest BCUT2D eigenvalue weighted by atomic mass is 35.5. The van der Waals surface area contributed by atoms with E-state index >= 15 is 0 Å². The van der Waals surface area contributed by atoms with E-state index in [1.807, 2.05) is 13.8 Å². The van der Waals surface area contributed by atoms with Crippen molar-refractivity contribution in [2.24, 2.45) is 4.99 Å². The number of carbonyl (C=O) groups is 1. The molecule has 0 saturated carbocycles. The number of nitrogens with zero attached hydrogens (tertiary/aromatic N) is 1. The van der Waals surface area contributed by atoms with Crippen LogP contribution < -0.4 is 5.32 Å². The van der Waals surface area contributed by atoms with Crippen LogP contribution in [0.2, 0.25) is 0 Å². The van der Waals surface area contributed by atoms with Gasteiger partial charge in [-0.1, -0.05) is 0 Å². The molecule has 0 spiro atoms. The second kappa shape index (κ2) is 5.14. The molecule has 3 nitrogen and oxygen atoms in total. The van der Waals surface area contributed by atoms with Gasteiger partial charge >= 0.3 is 0 Å². The molecule has 0 bridgehead atoms. The lowest BCUT2D eigenvalue weighted by Gasteiger charge is -2.10. The maximum atomic E-state index is 10.6. The average molecular weight is 191 g/mol. The number of carbonyl (C=O) groups excluding carboxylic acids is 1. The van der Waals surface area contributed by atoms with Crippen molar-refractivity contribution in [1.29, 1.82) is 0 Å². The molecule has 12 heavy (non-hydrogen) atoms. The fourth-order valence-electron chi connectivity index (χ4n) is 0.695. The maximum Gasteiger partial charge on any atom is 0.222 e. The van der Waals surface area contributed by atoms with E-state index in [-0.39, 0.29) is 17.3 Å². The number of rotatable bonds is 2. The van der Waals surface area contributed by atoms with Gasteiger partial charge in [-0.25, -0.2) is 0 Å². The van der Waals surface area contributed by atoms with Gasteiger partial charge < -0.3 is 5.32 Å². The van der Waals surface area contributed by atoms with E-state index in [1.54, 1.807) is 6.92 Å². The van der Waals surface area contributed by atoms with Gasteiger partial charge in [-0.3, -0.25) is 9.79 Å². The Labute approximate surface area is 78.2 Å². The lowest BCUT2D eigenvalue weighted by atomic mass is 10.3. The fourth-order valence-corrected chi connectivity index (χ4v) is 0.752. The molecule has 70 valence electrons. The van der Waals surface area contributed by atoms with Crippen molar-refractivity contribution in [2.75, 3.05) is 0 Å². The van der Waals surface area contributed by atoms with Gasteiger partial charge in [0.2, 0.25) is 5.91 Å². The molecule has 4 heteroatoms. The summed E-state index contributed by atoms with van der Waals surface area (Å²) in [6.07, 6.45) is 0. The number of halogens is 1. The van der Waals surface area contributed by atoms with Gasteiger partial charge in [-0.2, -0.15) is 0 Å². The summed E-state index contributed by atoms with van der Waals surface area (Å²) >= 11 is 5.79. The van der Waals surface area contributed by atoms with Crippen molar-refractivity contribution in [2.45, 2.75) is 39.1 Å². The van der Waals surface area contributed by atoms with Crippen LogP contribution in [0.25, 0.3) is 0 Å². The summed E-state index contributed by atoms with van der Waals surface area (Å²) in [7, 11) is 0. The first kappa shape index (κ1) is 11.4. The molecular weight excluding hydrogens is 176 g/mol. The third-order valence-corrected chi connectivity index (χ3v) is 1.78. The molecule has 0 aliphatic carbocycles. The lowest BCUT2D eigenvalue weighted by molar-refractivity contribution is -0.117. The first-order valence-corrected chi connectivity index (χ1v) is 4.33. The Bertz CT molecular complexity index is 189. The van der Waals surface area contributed by atoms with Gasteiger partial charge in [0.25, 0.3) is 0 Å². The second-order valence-electron chi connectivity index (χ2n) is 2.81. The van der Waals surface area contributed by atoms with Crippen molar-refractivity contribution < 1.29 is 4.79 Å². The van der Waals surface area contributed by atoms with Gasteiger partial charge in [-0.05, 0) is 20.8 Å². The van der Waals surface area contributed by atoms with E-state index in [0.717, 1.165) is 0 Å². The molecule has 0 aromatic heterocycles. The molecule has 2 atom stereocenters. The molecule has 2 unspecified atom stereocenters. The molecule has 0 heterocycles. The van der Waals surface area contributed by atoms with Crippen LogP contribution in [0.3, 0.4) is 0 Å². The van der Waals surface area contributed by atoms with Crippen molar-refractivity contribution >= 4 is 23.3 Å². The number of nitrogens with one attached hydrogen (secondary N) is 1. The molecule has 1 amide bonds. The highest BCUT2D eigenvalue weighted by Gasteiger charge is 2.07. The summed E-state index contributed by atoms with van der Waals surface area (Å²) < 4.78 is 0. The van der Waals surface area contributed by atoms with E-state index in [4.69, 9.17) is 11.6 Å². The predicted molar refractivity (Wildman–Crippen MR) is 51.7 cm³/mol. The van der Waals surface area contributed by atoms with E-state index in [9.17, 15) is 4.79 Å². The van der Waals surface area contributed by atoms with Crippen LogP contribution in [0.4, 0.5) is 0 Å². The van der Waals surface area contributed by atoms with Crippen LogP contribution in [0.5, 0.6) is 0 Å². The summed E-state index contributed by atoms with van der Waals surface area (Å²) in [5.41, 5.74) is 0. The Morgan fingerprint density at radius 1 is 1.42 bits per heavy atom. The average Bonchev–Trinajstić information content (AvgIpc) is 1.84. The lowest BCUT2D eigenvalue weighted by Crippen LogP contribution is -2.27. The molecule has 0 radical (unpaired) electrons. The third kappa shape index (κ3) is 5.13. The molecular formula is C8H15ClN2O. The Kier molecular flexibility index (Phi) is 4.90. The number of alkyl halides is 1. The highest BCUT2D eigenvalue weighted by molar-refractivity contribution is 6.20. The van der Waals surface area contributed by atoms with E-state index in [1.165, 1.54) is 6.92 Å². The second-order valence-corrected chi connectivity index (χ2v) is 3.50. The molecule has 0 aliphatic rings. The standard InChI is InChI=1S/C8H15ClN2O/c1-5(9)6(2)10-7(3)11-8(4)12/h5-6H,1-4H3,(H,10,11,12). The monoisotopic (exact) mass is 190 g/mol. The summed E-state index contributed by atoms with van der Waals surface area (Å²) in [4.78, 5) is 14.7. The molecule has 0 aromatic carbocycles. The third-order valence-electron chi connectivity index (χ3n) is 1.42. The Balaban J connectivity index is 4.06. The molecule has 0 aliphatic heterocycles. The van der Waals surface area contributed by atoms with E-state index in [0.29, 0.717) is 5.84 Å². The number of aliphatic imine (C=N–C) groups is 1. The molecule has 0 aromatic rings. The number of hydrogen-bond acceptors (Lipinski definition) is 2. The zero-order chi connectivity index (χ0) is 9.72. The van der Waals surface area contributed by atoms with Gasteiger partial charge in [0.15, 0.2) is 0 Å². The SMILES string of the molecule is CC(=O)N/C(C)=N\C(C)C(C)Cl. The highest BCUT2D eigenvalue weighted by Crippen LogP contribution is 2.04. The van der Waals surface area contributed by atoms with E-state index < -0.39 is 0 Å². The number of amidine groups is 1. The minimum atomic E-state index is -0.106. The van der Waals surface area contributed by atoms with Crippen molar-refractivity contribution in [3.63, 3.8) is 0 Å². The van der Waals surface area contributed by atoms with Crippen molar-refractivity contribution in [1.82, 2.24) is 5.32 Å². The van der Waals surface area contributed by atoms with Crippen LogP contribution in [0.1, 0.15) is 27.7 Å². The first-order valence-electron chi connectivity index (χ1n) is 3.89. The van der Waals surface area contributed by atoms with Crippen LogP contribution in [-0.2, 0) is 4.79 Å². The smallest absolute Gasteiger partial charge is 0.222 e. The first-order chi connectivity index (χ1) is 5.43. The summed E-state index contributed by atoms with van der Waals surface area (Å²) in [5, 5.41) is 2.56. The maximum absolute atomic E-state index is 10.6. The number of hydrogen-bond donors (Lipinski definition) is 1. The van der Waals surface area contributed by atoms with Crippen LogP contribution in [0.15, 0.2) is 4.99 Å². The van der Waals surface area contributed by atoms with Crippen molar-refractivity contribution in [3.8, 4) is 0 Å². The number of amides is 1. The van der Waals surface area contributed by atoms with E-state index in [2.05, 4.69) is 10.3 Å². The van der Waals surface area contributed by atoms with Crippen LogP contribution in [-0.4, -0.2) is 23.2 Å². The topological polar surface area (TPSA) is 41.5 Å². The summed E-state index contributed by atoms with van der Waals surface area (Å²) in [6, 6.07) is 0.0264. The van der Waals surface area contributed by atoms with Gasteiger partial charge in [0, 0.05) is 6.92 Å².